The fraction of sp³-hybridized carbons (Fsp3) is 0.0455. The van der Waals surface area contributed by atoms with E-state index in [9.17, 15) is 0 Å². The molecule has 4 rings (SSSR count). The Balaban J connectivity index is 2.02. The summed E-state index contributed by atoms with van der Waals surface area (Å²) < 4.78 is 2.04. The van der Waals surface area contributed by atoms with E-state index in [1.165, 1.54) is 11.1 Å². The minimum Gasteiger partial charge on any atom is -0.236 e. The molecule has 0 aliphatic carbocycles. The van der Waals surface area contributed by atoms with Gasteiger partial charge in [0.05, 0.1) is 11.4 Å². The van der Waals surface area contributed by atoms with E-state index in [1.54, 1.807) is 0 Å². The van der Waals surface area contributed by atoms with Crippen molar-refractivity contribution < 1.29 is 0 Å². The molecule has 1 aromatic heterocycles. The number of alkyl halides is 1. The van der Waals surface area contributed by atoms with Crippen molar-refractivity contribution in [2.45, 2.75) is 5.33 Å². The van der Waals surface area contributed by atoms with Crippen LogP contribution < -0.4 is 0 Å². The van der Waals surface area contributed by atoms with Gasteiger partial charge in [0.25, 0.3) is 0 Å². The predicted octanol–water partition coefficient (Wildman–Crippen LogP) is 6.10. The van der Waals surface area contributed by atoms with Gasteiger partial charge in [-0.15, -0.1) is 0 Å². The van der Waals surface area contributed by atoms with Crippen LogP contribution in [0.4, 0.5) is 0 Å². The number of hydrogen-bond donors (Lipinski definition) is 0. The minimum absolute atomic E-state index is 0.728. The normalized spacial score (nSPS) is 10.8. The molecule has 3 heteroatoms. The number of rotatable bonds is 4. The van der Waals surface area contributed by atoms with Crippen LogP contribution in [0, 0.1) is 0 Å². The van der Waals surface area contributed by atoms with E-state index >= 15 is 0 Å². The number of para-hydroxylation sites is 1. The van der Waals surface area contributed by atoms with Crippen LogP contribution in [0.25, 0.3) is 28.1 Å². The van der Waals surface area contributed by atoms with Gasteiger partial charge >= 0.3 is 0 Å². The second kappa shape index (κ2) is 7.08. The molecule has 0 atom stereocenters. The average Bonchev–Trinajstić information content (AvgIpc) is 3.09. The minimum atomic E-state index is 0.728. The summed E-state index contributed by atoms with van der Waals surface area (Å²) in [6.07, 6.45) is 0. The van der Waals surface area contributed by atoms with E-state index in [-0.39, 0.29) is 0 Å². The Bertz CT molecular complexity index is 961. The van der Waals surface area contributed by atoms with Gasteiger partial charge in [-0.05, 0) is 17.7 Å². The van der Waals surface area contributed by atoms with Crippen molar-refractivity contribution in [2.24, 2.45) is 0 Å². The molecule has 0 spiro atoms. The number of halogens is 1. The van der Waals surface area contributed by atoms with Crippen molar-refractivity contribution in [3.63, 3.8) is 0 Å². The van der Waals surface area contributed by atoms with Gasteiger partial charge < -0.3 is 0 Å². The fourth-order valence-corrected chi connectivity index (χ4v) is 3.58. The molecular weight excluding hydrogens is 372 g/mol. The molecule has 3 aromatic carbocycles. The molecule has 0 unspecified atom stereocenters. The molecular formula is C22H17BrN2. The molecule has 0 saturated heterocycles. The Morgan fingerprint density at radius 2 is 1.20 bits per heavy atom. The summed E-state index contributed by atoms with van der Waals surface area (Å²) in [5, 5.41) is 5.71. The quantitative estimate of drug-likeness (QED) is 0.386. The molecule has 25 heavy (non-hydrogen) atoms. The zero-order chi connectivity index (χ0) is 17.1. The predicted molar refractivity (Wildman–Crippen MR) is 107 cm³/mol. The highest BCUT2D eigenvalue weighted by atomic mass is 79.9. The summed E-state index contributed by atoms with van der Waals surface area (Å²) in [5.41, 5.74) is 6.70. The Morgan fingerprint density at radius 3 is 1.76 bits per heavy atom. The Morgan fingerprint density at radius 1 is 0.680 bits per heavy atom. The van der Waals surface area contributed by atoms with Crippen LogP contribution in [-0.2, 0) is 5.33 Å². The van der Waals surface area contributed by atoms with Crippen LogP contribution in [0.5, 0.6) is 0 Å². The molecule has 1 heterocycles. The van der Waals surface area contributed by atoms with E-state index < -0.39 is 0 Å². The Hall–Kier alpha value is -2.65. The first-order valence-electron chi connectivity index (χ1n) is 8.22. The first-order valence-corrected chi connectivity index (χ1v) is 9.35. The lowest BCUT2D eigenvalue weighted by molar-refractivity contribution is 0.847. The van der Waals surface area contributed by atoms with Crippen LogP contribution in [0.2, 0.25) is 0 Å². The maximum atomic E-state index is 4.98. The maximum absolute atomic E-state index is 4.98. The second-order valence-electron chi connectivity index (χ2n) is 5.78. The summed E-state index contributed by atoms with van der Waals surface area (Å²) in [5.74, 6) is 0. The Kier molecular flexibility index (Phi) is 4.49. The first kappa shape index (κ1) is 15.9. The largest absolute Gasteiger partial charge is 0.236 e. The molecule has 0 aliphatic rings. The van der Waals surface area contributed by atoms with Gasteiger partial charge in [0.2, 0.25) is 0 Å². The van der Waals surface area contributed by atoms with Gasteiger partial charge in [-0.1, -0.05) is 94.8 Å². The van der Waals surface area contributed by atoms with Crippen LogP contribution >= 0.6 is 15.9 Å². The van der Waals surface area contributed by atoms with Crippen LogP contribution in [-0.4, -0.2) is 9.78 Å². The van der Waals surface area contributed by atoms with Crippen molar-refractivity contribution in [3.05, 3.63) is 96.7 Å². The number of nitrogens with zero attached hydrogens (tertiary/aromatic N) is 2. The van der Waals surface area contributed by atoms with Crippen LogP contribution in [0.15, 0.2) is 91.0 Å². The van der Waals surface area contributed by atoms with Gasteiger partial charge in [-0.25, -0.2) is 4.68 Å². The molecule has 4 aromatic rings. The zero-order valence-electron chi connectivity index (χ0n) is 13.6. The molecule has 2 nitrogen and oxygen atoms in total. The molecule has 0 radical (unpaired) electrons. The highest BCUT2D eigenvalue weighted by Gasteiger charge is 2.20. The second-order valence-corrected chi connectivity index (χ2v) is 6.34. The van der Waals surface area contributed by atoms with Crippen molar-refractivity contribution >= 4 is 15.9 Å². The van der Waals surface area contributed by atoms with E-state index in [1.807, 2.05) is 35.0 Å². The first-order chi connectivity index (χ1) is 12.4. The number of hydrogen-bond acceptors (Lipinski definition) is 1. The summed E-state index contributed by atoms with van der Waals surface area (Å²) in [6, 6.07) is 31.1. The van der Waals surface area contributed by atoms with Gasteiger partial charge in [-0.3, -0.25) is 0 Å². The number of aromatic nitrogens is 2. The van der Waals surface area contributed by atoms with Gasteiger partial charge in [0.1, 0.15) is 5.69 Å². The summed E-state index contributed by atoms with van der Waals surface area (Å²) in [6.45, 7) is 0. The van der Waals surface area contributed by atoms with Gasteiger partial charge in [0, 0.05) is 16.5 Å². The topological polar surface area (TPSA) is 17.8 Å². The lowest BCUT2D eigenvalue weighted by Gasteiger charge is -2.07. The van der Waals surface area contributed by atoms with Crippen molar-refractivity contribution in [1.82, 2.24) is 9.78 Å². The molecule has 0 amide bonds. The van der Waals surface area contributed by atoms with Gasteiger partial charge in [0.15, 0.2) is 0 Å². The molecule has 0 aliphatic heterocycles. The molecule has 122 valence electrons. The Labute approximate surface area is 155 Å². The molecule has 0 N–H and O–H groups in total. The summed E-state index contributed by atoms with van der Waals surface area (Å²) in [4.78, 5) is 0. The van der Waals surface area contributed by atoms with E-state index in [2.05, 4.69) is 76.6 Å². The monoisotopic (exact) mass is 388 g/mol. The van der Waals surface area contributed by atoms with E-state index in [4.69, 9.17) is 5.10 Å². The highest BCUT2D eigenvalue weighted by molar-refractivity contribution is 9.08. The van der Waals surface area contributed by atoms with E-state index in [0.717, 1.165) is 28.0 Å². The third-order valence-corrected chi connectivity index (χ3v) is 4.75. The maximum Gasteiger partial charge on any atom is 0.101 e. The SMILES string of the molecule is BrCc1c(-c2ccccc2)c(-c2ccccc2)nn1-c1ccccc1. The lowest BCUT2D eigenvalue weighted by atomic mass is 9.99. The summed E-state index contributed by atoms with van der Waals surface area (Å²) in [7, 11) is 0. The average molecular weight is 389 g/mol. The third-order valence-electron chi connectivity index (χ3n) is 4.22. The highest BCUT2D eigenvalue weighted by Crippen LogP contribution is 2.36. The lowest BCUT2D eigenvalue weighted by Crippen LogP contribution is -2.00. The van der Waals surface area contributed by atoms with Crippen molar-refractivity contribution in [1.29, 1.82) is 0 Å². The number of benzene rings is 3. The fourth-order valence-electron chi connectivity index (χ4n) is 3.07. The van der Waals surface area contributed by atoms with Crippen molar-refractivity contribution in [3.8, 4) is 28.1 Å². The van der Waals surface area contributed by atoms with Gasteiger partial charge in [-0.2, -0.15) is 5.10 Å². The third kappa shape index (κ3) is 3.03. The smallest absolute Gasteiger partial charge is 0.101 e. The standard InChI is InChI=1S/C22H17BrN2/c23-16-20-21(17-10-4-1-5-11-17)22(18-12-6-2-7-13-18)24-25(20)19-14-8-3-9-15-19/h1-15H,16H2. The van der Waals surface area contributed by atoms with Crippen molar-refractivity contribution in [2.75, 3.05) is 0 Å². The zero-order valence-corrected chi connectivity index (χ0v) is 15.2. The molecule has 0 saturated carbocycles. The molecule has 0 fully saturated rings. The summed E-state index contributed by atoms with van der Waals surface area (Å²) >= 11 is 3.68. The van der Waals surface area contributed by atoms with E-state index in [0.29, 0.717) is 0 Å². The van der Waals surface area contributed by atoms with Crippen LogP contribution in [0.3, 0.4) is 0 Å². The van der Waals surface area contributed by atoms with Crippen LogP contribution in [0.1, 0.15) is 5.69 Å². The molecule has 0 bridgehead atoms.